The molecule has 2 heterocycles. The summed E-state index contributed by atoms with van der Waals surface area (Å²) < 4.78 is 0. The van der Waals surface area contributed by atoms with Gasteiger partial charge in [-0.1, -0.05) is 35.9 Å². The van der Waals surface area contributed by atoms with Crippen molar-refractivity contribution in [2.45, 2.75) is 18.8 Å². The Morgan fingerprint density at radius 2 is 2.00 bits per heavy atom. The van der Waals surface area contributed by atoms with E-state index in [1.165, 1.54) is 0 Å². The number of nitrogens with one attached hydrogen (secondary N) is 2. The monoisotopic (exact) mass is 370 g/mol. The predicted molar refractivity (Wildman–Crippen MR) is 107 cm³/mol. The topological polar surface area (TPSA) is 44.0 Å². The fourth-order valence-corrected chi connectivity index (χ4v) is 3.77. The predicted octanol–water partition coefficient (Wildman–Crippen LogP) is 4.79. The van der Waals surface area contributed by atoms with Crippen LogP contribution in [0.1, 0.15) is 24.6 Å². The van der Waals surface area contributed by atoms with Crippen LogP contribution < -0.4 is 5.32 Å². The summed E-state index contributed by atoms with van der Waals surface area (Å²) >= 11 is 11.8. The molecule has 1 aliphatic rings. The third-order valence-corrected chi connectivity index (χ3v) is 5.31. The SMILES string of the molecule is S=C(Nc1ccccc1Cl)N1CCCC(c2nc3ccccc3[nH]2)C1. The molecule has 1 aromatic heterocycles. The summed E-state index contributed by atoms with van der Waals surface area (Å²) in [6.45, 7) is 1.81. The van der Waals surface area contributed by atoms with Gasteiger partial charge >= 0.3 is 0 Å². The minimum Gasteiger partial charge on any atom is -0.348 e. The van der Waals surface area contributed by atoms with Crippen LogP contribution in [0.3, 0.4) is 0 Å². The van der Waals surface area contributed by atoms with Crippen molar-refractivity contribution in [3.63, 3.8) is 0 Å². The molecule has 1 unspecified atom stereocenters. The first-order chi connectivity index (χ1) is 12.2. The van der Waals surface area contributed by atoms with Gasteiger partial charge in [0.15, 0.2) is 5.11 Å². The van der Waals surface area contributed by atoms with E-state index in [0.29, 0.717) is 16.1 Å². The number of aromatic nitrogens is 2. The van der Waals surface area contributed by atoms with E-state index in [4.69, 9.17) is 28.8 Å². The van der Waals surface area contributed by atoms with Crippen molar-refractivity contribution < 1.29 is 0 Å². The van der Waals surface area contributed by atoms with Crippen molar-refractivity contribution in [3.8, 4) is 0 Å². The number of imidazole rings is 1. The Bertz CT molecular complexity index is 874. The molecule has 0 bridgehead atoms. The number of halogens is 1. The quantitative estimate of drug-likeness (QED) is 0.636. The van der Waals surface area contributed by atoms with Crippen LogP contribution in [-0.2, 0) is 0 Å². The molecule has 4 nitrogen and oxygen atoms in total. The number of piperidine rings is 1. The Labute approximate surface area is 157 Å². The highest BCUT2D eigenvalue weighted by Crippen LogP contribution is 2.28. The lowest BCUT2D eigenvalue weighted by molar-refractivity contribution is 0.307. The summed E-state index contributed by atoms with van der Waals surface area (Å²) in [7, 11) is 0. The number of hydrogen-bond donors (Lipinski definition) is 2. The van der Waals surface area contributed by atoms with E-state index in [2.05, 4.69) is 21.3 Å². The average molecular weight is 371 g/mol. The van der Waals surface area contributed by atoms with Gasteiger partial charge in [0.1, 0.15) is 5.82 Å². The molecule has 1 saturated heterocycles. The van der Waals surface area contributed by atoms with Crippen molar-refractivity contribution >= 4 is 45.7 Å². The third-order valence-electron chi connectivity index (χ3n) is 4.62. The Kier molecular flexibility index (Phi) is 4.59. The number of fused-ring (bicyclic) bond motifs is 1. The van der Waals surface area contributed by atoms with Crippen LogP contribution in [-0.4, -0.2) is 33.1 Å². The van der Waals surface area contributed by atoms with Gasteiger partial charge in [-0.3, -0.25) is 0 Å². The summed E-state index contributed by atoms with van der Waals surface area (Å²) in [5, 5.41) is 4.67. The molecule has 128 valence electrons. The fraction of sp³-hybridized carbons (Fsp3) is 0.263. The van der Waals surface area contributed by atoms with Gasteiger partial charge in [0.25, 0.3) is 0 Å². The van der Waals surface area contributed by atoms with Gasteiger partial charge in [0.2, 0.25) is 0 Å². The molecule has 0 saturated carbocycles. The number of likely N-dealkylation sites (tertiary alicyclic amines) is 1. The van der Waals surface area contributed by atoms with E-state index < -0.39 is 0 Å². The maximum atomic E-state index is 6.22. The van der Waals surface area contributed by atoms with E-state index in [-0.39, 0.29) is 0 Å². The van der Waals surface area contributed by atoms with Gasteiger partial charge in [0, 0.05) is 19.0 Å². The van der Waals surface area contributed by atoms with Crippen LogP contribution in [0.15, 0.2) is 48.5 Å². The second-order valence-electron chi connectivity index (χ2n) is 6.33. The molecular formula is C19H19ClN4S. The van der Waals surface area contributed by atoms with Crippen molar-refractivity contribution in [1.29, 1.82) is 0 Å². The molecule has 0 amide bonds. The zero-order chi connectivity index (χ0) is 17.2. The van der Waals surface area contributed by atoms with Crippen molar-refractivity contribution in [2.75, 3.05) is 18.4 Å². The molecule has 1 aliphatic heterocycles. The zero-order valence-electron chi connectivity index (χ0n) is 13.7. The molecule has 2 N–H and O–H groups in total. The lowest BCUT2D eigenvalue weighted by Gasteiger charge is -2.34. The largest absolute Gasteiger partial charge is 0.348 e. The van der Waals surface area contributed by atoms with Gasteiger partial charge in [0.05, 0.1) is 21.7 Å². The summed E-state index contributed by atoms with van der Waals surface area (Å²) in [5.74, 6) is 1.40. The molecule has 2 aromatic carbocycles. The van der Waals surface area contributed by atoms with Crippen molar-refractivity contribution in [2.24, 2.45) is 0 Å². The van der Waals surface area contributed by atoms with Crippen molar-refractivity contribution in [1.82, 2.24) is 14.9 Å². The molecule has 6 heteroatoms. The van der Waals surface area contributed by atoms with Gasteiger partial charge < -0.3 is 15.2 Å². The lowest BCUT2D eigenvalue weighted by Crippen LogP contribution is -2.41. The molecule has 0 spiro atoms. The highest BCUT2D eigenvalue weighted by Gasteiger charge is 2.25. The van der Waals surface area contributed by atoms with E-state index in [9.17, 15) is 0 Å². The molecule has 4 rings (SSSR count). The van der Waals surface area contributed by atoms with E-state index in [0.717, 1.165) is 48.5 Å². The minimum atomic E-state index is 0.354. The number of H-pyrrole nitrogens is 1. The van der Waals surface area contributed by atoms with Crippen LogP contribution in [0.2, 0.25) is 5.02 Å². The van der Waals surface area contributed by atoms with E-state index in [1.807, 2.05) is 42.5 Å². The van der Waals surface area contributed by atoms with Gasteiger partial charge in [-0.2, -0.15) is 0 Å². The van der Waals surface area contributed by atoms with Gasteiger partial charge in [-0.15, -0.1) is 0 Å². The summed E-state index contributed by atoms with van der Waals surface area (Å²) in [4.78, 5) is 10.4. The molecule has 0 aliphatic carbocycles. The Balaban J connectivity index is 1.48. The summed E-state index contributed by atoms with van der Waals surface area (Å²) in [6.07, 6.45) is 2.21. The fourth-order valence-electron chi connectivity index (χ4n) is 3.31. The van der Waals surface area contributed by atoms with Crippen LogP contribution >= 0.6 is 23.8 Å². The van der Waals surface area contributed by atoms with Crippen LogP contribution in [0.4, 0.5) is 5.69 Å². The molecule has 25 heavy (non-hydrogen) atoms. The number of benzene rings is 2. The number of anilines is 1. The standard InChI is InChI=1S/C19H19ClN4S/c20-14-7-1-2-8-15(14)23-19(25)24-11-5-6-13(12-24)18-21-16-9-3-4-10-17(16)22-18/h1-4,7-10,13H,5-6,11-12H2,(H,21,22)(H,23,25). The first-order valence-electron chi connectivity index (χ1n) is 8.46. The summed E-state index contributed by atoms with van der Waals surface area (Å²) in [6, 6.07) is 15.8. The second-order valence-corrected chi connectivity index (χ2v) is 7.13. The molecule has 3 aromatic rings. The number of aromatic amines is 1. The van der Waals surface area contributed by atoms with Crippen LogP contribution in [0, 0.1) is 0 Å². The maximum Gasteiger partial charge on any atom is 0.173 e. The second kappa shape index (κ2) is 7.02. The van der Waals surface area contributed by atoms with E-state index in [1.54, 1.807) is 0 Å². The highest BCUT2D eigenvalue weighted by molar-refractivity contribution is 7.80. The minimum absolute atomic E-state index is 0.354. The number of hydrogen-bond acceptors (Lipinski definition) is 2. The first-order valence-corrected chi connectivity index (χ1v) is 9.24. The first kappa shape index (κ1) is 16.4. The smallest absolute Gasteiger partial charge is 0.173 e. The van der Waals surface area contributed by atoms with Crippen LogP contribution in [0.5, 0.6) is 0 Å². The average Bonchev–Trinajstić information content (AvgIpc) is 3.08. The van der Waals surface area contributed by atoms with Gasteiger partial charge in [-0.25, -0.2) is 4.98 Å². The molecule has 1 atom stereocenters. The number of thiocarbonyl (C=S) groups is 1. The Morgan fingerprint density at radius 3 is 2.84 bits per heavy atom. The zero-order valence-corrected chi connectivity index (χ0v) is 15.3. The van der Waals surface area contributed by atoms with Crippen molar-refractivity contribution in [3.05, 3.63) is 59.4 Å². The van der Waals surface area contributed by atoms with Gasteiger partial charge in [-0.05, 0) is 49.3 Å². The highest BCUT2D eigenvalue weighted by atomic mass is 35.5. The lowest BCUT2D eigenvalue weighted by atomic mass is 9.98. The Morgan fingerprint density at radius 1 is 1.20 bits per heavy atom. The number of rotatable bonds is 2. The molecule has 0 radical (unpaired) electrons. The third kappa shape index (κ3) is 3.48. The summed E-state index contributed by atoms with van der Waals surface area (Å²) in [5.41, 5.74) is 2.96. The maximum absolute atomic E-state index is 6.22. The Hall–Kier alpha value is -2.11. The molecular weight excluding hydrogens is 352 g/mol. The van der Waals surface area contributed by atoms with Crippen LogP contribution in [0.25, 0.3) is 11.0 Å². The number of para-hydroxylation sites is 3. The number of nitrogens with zero attached hydrogens (tertiary/aromatic N) is 2. The molecule has 1 fully saturated rings. The normalized spacial score (nSPS) is 17.6. The van der Waals surface area contributed by atoms with E-state index >= 15 is 0 Å².